The third kappa shape index (κ3) is 3.08. The Labute approximate surface area is 113 Å². The molecule has 7 heteroatoms. The lowest BCUT2D eigenvalue weighted by Crippen LogP contribution is -2.18. The van der Waals surface area contributed by atoms with Gasteiger partial charge in [0.05, 0.1) is 12.6 Å². The summed E-state index contributed by atoms with van der Waals surface area (Å²) in [6.07, 6.45) is 0.707. The summed E-state index contributed by atoms with van der Waals surface area (Å²) in [6.45, 7) is 0. The van der Waals surface area contributed by atoms with E-state index >= 15 is 0 Å². The number of ketones is 1. The highest BCUT2D eigenvalue weighted by Crippen LogP contribution is 2.11. The molecule has 0 saturated heterocycles. The van der Waals surface area contributed by atoms with E-state index in [-0.39, 0.29) is 23.6 Å². The number of nitrogens with zero attached hydrogens (tertiary/aromatic N) is 1. The van der Waals surface area contributed by atoms with Gasteiger partial charge in [-0.05, 0) is 0 Å². The number of aromatic amines is 1. The normalized spacial score (nSPS) is 10.0. The molecule has 0 atom stereocenters. The highest BCUT2D eigenvalue weighted by molar-refractivity contribution is 6.11. The second-order valence-electron chi connectivity index (χ2n) is 3.98. The summed E-state index contributed by atoms with van der Waals surface area (Å²) in [7, 11) is 0. The first-order valence-corrected chi connectivity index (χ1v) is 5.72. The molecule has 1 aromatic carbocycles. The average molecular weight is 273 g/mol. The van der Waals surface area contributed by atoms with Crippen LogP contribution in [0.25, 0.3) is 0 Å². The molecule has 0 aliphatic rings. The number of carbonyl (C=O) groups is 3. The number of aromatic nitrogens is 2. The maximum Gasteiger partial charge on any atom is 0.341 e. The van der Waals surface area contributed by atoms with Crippen molar-refractivity contribution in [2.24, 2.45) is 0 Å². The van der Waals surface area contributed by atoms with Crippen LogP contribution in [0.3, 0.4) is 0 Å². The molecule has 1 aromatic heterocycles. The smallest absolute Gasteiger partial charge is 0.341 e. The lowest BCUT2D eigenvalue weighted by Gasteiger charge is -2.03. The number of carboxylic acid groups (broad SMARTS) is 1. The van der Waals surface area contributed by atoms with E-state index in [1.807, 2.05) is 0 Å². The van der Waals surface area contributed by atoms with Gasteiger partial charge in [-0.1, -0.05) is 30.3 Å². The van der Waals surface area contributed by atoms with E-state index in [4.69, 9.17) is 5.11 Å². The van der Waals surface area contributed by atoms with Crippen molar-refractivity contribution in [3.63, 3.8) is 0 Å². The number of hydrogen-bond donors (Lipinski definition) is 3. The Kier molecular flexibility index (Phi) is 3.90. The van der Waals surface area contributed by atoms with E-state index in [2.05, 4.69) is 15.5 Å². The Hall–Kier alpha value is -2.96. The number of anilines is 1. The van der Waals surface area contributed by atoms with Crippen LogP contribution in [0.15, 0.2) is 36.5 Å². The molecular formula is C13H11N3O4. The molecule has 2 aromatic rings. The van der Waals surface area contributed by atoms with Crippen LogP contribution in [0, 0.1) is 0 Å². The van der Waals surface area contributed by atoms with Crippen LogP contribution in [0.5, 0.6) is 0 Å². The monoisotopic (exact) mass is 273 g/mol. The van der Waals surface area contributed by atoms with Gasteiger partial charge in [0.15, 0.2) is 5.78 Å². The van der Waals surface area contributed by atoms with Gasteiger partial charge in [0.2, 0.25) is 5.91 Å². The van der Waals surface area contributed by atoms with Crippen molar-refractivity contribution in [3.8, 4) is 0 Å². The zero-order valence-corrected chi connectivity index (χ0v) is 10.3. The first kappa shape index (κ1) is 13.5. The highest BCUT2D eigenvalue weighted by Gasteiger charge is 2.17. The average Bonchev–Trinajstić information content (AvgIpc) is 2.87. The van der Waals surface area contributed by atoms with Gasteiger partial charge >= 0.3 is 5.97 Å². The summed E-state index contributed by atoms with van der Waals surface area (Å²) in [6, 6.07) is 8.37. The molecule has 1 heterocycles. The van der Waals surface area contributed by atoms with E-state index in [0.29, 0.717) is 5.56 Å². The predicted molar refractivity (Wildman–Crippen MR) is 69.6 cm³/mol. The molecule has 1 amide bonds. The molecule has 102 valence electrons. The number of Topliss-reactive ketones (excluding diaryl/α,β-unsaturated/α-hetero) is 1. The number of H-pyrrole nitrogens is 1. The second-order valence-corrected chi connectivity index (χ2v) is 3.98. The molecule has 0 spiro atoms. The fourth-order valence-electron chi connectivity index (χ4n) is 1.60. The van der Waals surface area contributed by atoms with Gasteiger partial charge < -0.3 is 10.4 Å². The molecule has 0 fully saturated rings. The molecule has 0 unspecified atom stereocenters. The molecule has 0 saturated carbocycles. The van der Waals surface area contributed by atoms with Crippen LogP contribution in [0.1, 0.15) is 27.1 Å². The summed E-state index contributed by atoms with van der Waals surface area (Å²) < 4.78 is 0. The Morgan fingerprint density at radius 3 is 2.55 bits per heavy atom. The fourth-order valence-corrected chi connectivity index (χ4v) is 1.60. The number of amides is 1. The third-order valence-electron chi connectivity index (χ3n) is 2.55. The zero-order valence-electron chi connectivity index (χ0n) is 10.3. The Balaban J connectivity index is 2.01. The minimum Gasteiger partial charge on any atom is -0.477 e. The van der Waals surface area contributed by atoms with E-state index in [1.165, 1.54) is 0 Å². The predicted octanol–water partition coefficient (Wildman–Crippen LogP) is 1.32. The summed E-state index contributed by atoms with van der Waals surface area (Å²) in [5.74, 6) is -2.21. The van der Waals surface area contributed by atoms with Crippen LogP contribution >= 0.6 is 0 Å². The number of carboxylic acids is 1. The van der Waals surface area contributed by atoms with Crippen molar-refractivity contribution in [2.75, 3.05) is 5.32 Å². The number of nitrogens with one attached hydrogen (secondary N) is 2. The summed E-state index contributed by atoms with van der Waals surface area (Å²) >= 11 is 0. The van der Waals surface area contributed by atoms with Crippen LogP contribution in [-0.4, -0.2) is 33.0 Å². The topological polar surface area (TPSA) is 112 Å². The number of carbonyl (C=O) groups excluding carboxylic acids is 2. The number of aromatic carboxylic acids is 1. The lowest BCUT2D eigenvalue weighted by atomic mass is 10.1. The number of rotatable bonds is 5. The van der Waals surface area contributed by atoms with E-state index in [9.17, 15) is 14.4 Å². The number of benzene rings is 1. The summed E-state index contributed by atoms with van der Waals surface area (Å²) in [5, 5.41) is 17.0. The maximum atomic E-state index is 11.8. The minimum atomic E-state index is -1.22. The molecule has 2 rings (SSSR count). The molecule has 3 N–H and O–H groups in total. The van der Waals surface area contributed by atoms with Crippen molar-refractivity contribution in [1.29, 1.82) is 0 Å². The first-order valence-electron chi connectivity index (χ1n) is 5.72. The molecule has 20 heavy (non-hydrogen) atoms. The lowest BCUT2D eigenvalue weighted by molar-refractivity contribution is -0.115. The molecule has 0 aliphatic heterocycles. The molecular weight excluding hydrogens is 262 g/mol. The summed E-state index contributed by atoms with van der Waals surface area (Å²) in [4.78, 5) is 34.3. The minimum absolute atomic E-state index is 0.0386. The number of hydrogen-bond acceptors (Lipinski definition) is 4. The molecule has 0 radical (unpaired) electrons. The van der Waals surface area contributed by atoms with Crippen LogP contribution in [0.2, 0.25) is 0 Å². The van der Waals surface area contributed by atoms with Crippen LogP contribution < -0.4 is 5.32 Å². The Morgan fingerprint density at radius 1 is 1.20 bits per heavy atom. The van der Waals surface area contributed by atoms with Gasteiger partial charge in [0.1, 0.15) is 11.4 Å². The molecule has 7 nitrogen and oxygen atoms in total. The van der Waals surface area contributed by atoms with Crippen molar-refractivity contribution in [1.82, 2.24) is 10.2 Å². The SMILES string of the molecule is O=C(CC(=O)c1ccccc1)Nc1[nH]ncc1C(=O)O. The standard InChI is InChI=1S/C13H11N3O4/c17-10(8-4-2-1-3-5-8)6-11(18)15-12-9(13(19)20)7-14-16-12/h1-5,7H,6H2,(H,19,20)(H2,14,15,16,18). The van der Waals surface area contributed by atoms with Gasteiger partial charge in [-0.3, -0.25) is 14.7 Å². The Morgan fingerprint density at radius 2 is 1.90 bits per heavy atom. The van der Waals surface area contributed by atoms with Crippen LogP contribution in [0.4, 0.5) is 5.82 Å². The van der Waals surface area contributed by atoms with Gasteiger partial charge in [-0.25, -0.2) is 4.79 Å². The quantitative estimate of drug-likeness (QED) is 0.561. The zero-order chi connectivity index (χ0) is 14.5. The molecule has 0 aliphatic carbocycles. The maximum absolute atomic E-state index is 11.8. The van der Waals surface area contributed by atoms with E-state index in [0.717, 1.165) is 6.20 Å². The first-order chi connectivity index (χ1) is 9.58. The van der Waals surface area contributed by atoms with Crippen molar-refractivity contribution in [2.45, 2.75) is 6.42 Å². The van der Waals surface area contributed by atoms with E-state index in [1.54, 1.807) is 30.3 Å². The summed E-state index contributed by atoms with van der Waals surface area (Å²) in [5.41, 5.74) is 0.260. The van der Waals surface area contributed by atoms with Crippen LogP contribution in [-0.2, 0) is 4.79 Å². The third-order valence-corrected chi connectivity index (χ3v) is 2.55. The van der Waals surface area contributed by atoms with Gasteiger partial charge in [0.25, 0.3) is 0 Å². The van der Waals surface area contributed by atoms with Crippen molar-refractivity contribution in [3.05, 3.63) is 47.7 Å². The molecule has 0 bridgehead atoms. The van der Waals surface area contributed by atoms with Gasteiger partial charge in [-0.2, -0.15) is 5.10 Å². The van der Waals surface area contributed by atoms with Gasteiger partial charge in [0, 0.05) is 5.56 Å². The van der Waals surface area contributed by atoms with Crippen molar-refractivity contribution >= 4 is 23.5 Å². The highest BCUT2D eigenvalue weighted by atomic mass is 16.4. The van der Waals surface area contributed by atoms with E-state index < -0.39 is 11.9 Å². The fraction of sp³-hybridized carbons (Fsp3) is 0.0769. The second kappa shape index (κ2) is 5.79. The Bertz CT molecular complexity index is 649. The van der Waals surface area contributed by atoms with Gasteiger partial charge in [-0.15, -0.1) is 0 Å². The largest absolute Gasteiger partial charge is 0.477 e. The van der Waals surface area contributed by atoms with Crippen molar-refractivity contribution < 1.29 is 19.5 Å².